The fraction of sp³-hybridized carbons (Fsp3) is 0.600. The summed E-state index contributed by atoms with van der Waals surface area (Å²) in [5.74, 6) is 0. The van der Waals surface area contributed by atoms with Gasteiger partial charge in [-0.15, -0.1) is 0 Å². The van der Waals surface area contributed by atoms with Gasteiger partial charge in [-0.1, -0.05) is 102 Å². The highest BCUT2D eigenvalue weighted by Crippen LogP contribution is 2.39. The zero-order valence-electron chi connectivity index (χ0n) is 26.1. The van der Waals surface area contributed by atoms with Gasteiger partial charge in [-0.25, -0.2) is 0 Å². The van der Waals surface area contributed by atoms with E-state index in [-0.39, 0.29) is 34.5 Å². The van der Waals surface area contributed by atoms with Gasteiger partial charge in [0.25, 0.3) is 0 Å². The Bertz CT molecular complexity index is 1000. The van der Waals surface area contributed by atoms with Gasteiger partial charge in [-0.05, 0) is 47.2 Å². The third kappa shape index (κ3) is 7.21. The molecule has 0 amide bonds. The highest BCUT2D eigenvalue weighted by Gasteiger charge is 2.54. The molecule has 0 spiro atoms. The van der Waals surface area contributed by atoms with Gasteiger partial charge in [0.2, 0.25) is 0 Å². The van der Waals surface area contributed by atoms with E-state index in [1.807, 2.05) is 60.7 Å². The summed E-state index contributed by atoms with van der Waals surface area (Å²) in [5.41, 5.74) is 1.93. The van der Waals surface area contributed by atoms with Crippen molar-refractivity contribution in [3.63, 3.8) is 0 Å². The Kier molecular flexibility index (Phi) is 9.64. The molecular weight excluding hydrogens is 534 g/mol. The summed E-state index contributed by atoms with van der Waals surface area (Å²) in [5, 5.41) is 0.165. The summed E-state index contributed by atoms with van der Waals surface area (Å²) in [6.07, 6.45) is -1.42. The molecule has 4 rings (SSSR count). The molecule has 6 nitrogen and oxygen atoms in total. The van der Waals surface area contributed by atoms with Crippen LogP contribution in [0, 0.1) is 0 Å². The predicted octanol–water partition coefficient (Wildman–Crippen LogP) is 5.39. The standard InChI is InChI=1S/C30H48B2O6Si2/c1-29(2,3)39(7,8)33-21-25-27-28(38-31(35-25)23-17-13-11-14-18-23)26(22-34-40(9,10)30(4,5)6)36-32(37-27)24-19-15-12-16-20-24/h11-20,25-28H,21-22H2,1-10H3. The summed E-state index contributed by atoms with van der Waals surface area (Å²) in [4.78, 5) is 0. The molecule has 0 aromatic heterocycles. The lowest BCUT2D eigenvalue weighted by Gasteiger charge is -2.50. The molecule has 0 saturated carbocycles. The minimum absolute atomic E-state index is 0.0824. The molecule has 2 aliphatic rings. The van der Waals surface area contributed by atoms with Gasteiger partial charge in [0, 0.05) is 0 Å². The average molecular weight is 583 g/mol. The summed E-state index contributed by atoms with van der Waals surface area (Å²) in [6.45, 7) is 23.5. The van der Waals surface area contributed by atoms with Crippen molar-refractivity contribution in [1.82, 2.24) is 0 Å². The van der Waals surface area contributed by atoms with Crippen LogP contribution in [-0.4, -0.2) is 68.5 Å². The van der Waals surface area contributed by atoms with Crippen LogP contribution in [0.1, 0.15) is 41.5 Å². The maximum absolute atomic E-state index is 6.71. The van der Waals surface area contributed by atoms with Crippen LogP contribution in [0.2, 0.25) is 36.3 Å². The first-order valence-electron chi connectivity index (χ1n) is 14.6. The Morgan fingerprint density at radius 1 is 0.575 bits per heavy atom. The largest absolute Gasteiger partial charge is 0.494 e. The van der Waals surface area contributed by atoms with Gasteiger partial charge in [0.1, 0.15) is 0 Å². The topological polar surface area (TPSA) is 55.4 Å². The number of hydrogen-bond donors (Lipinski definition) is 0. The number of benzene rings is 2. The molecule has 2 aliphatic heterocycles. The van der Waals surface area contributed by atoms with Crippen molar-refractivity contribution in [3.8, 4) is 0 Å². The van der Waals surface area contributed by atoms with Crippen LogP contribution < -0.4 is 10.9 Å². The number of fused-ring (bicyclic) bond motifs is 1. The summed E-state index contributed by atoms with van der Waals surface area (Å²) < 4.78 is 40.1. The van der Waals surface area contributed by atoms with Crippen LogP contribution in [0.3, 0.4) is 0 Å². The molecule has 10 heteroatoms. The fourth-order valence-corrected chi connectivity index (χ4v) is 6.42. The van der Waals surface area contributed by atoms with Crippen molar-refractivity contribution in [2.75, 3.05) is 13.2 Å². The first-order chi connectivity index (χ1) is 18.6. The summed E-state index contributed by atoms with van der Waals surface area (Å²) >= 11 is 0. The number of rotatable bonds is 8. The van der Waals surface area contributed by atoms with Crippen LogP contribution in [0.4, 0.5) is 0 Å². The monoisotopic (exact) mass is 582 g/mol. The molecule has 2 saturated heterocycles. The van der Waals surface area contributed by atoms with E-state index in [2.05, 4.69) is 67.7 Å². The van der Waals surface area contributed by atoms with Crippen molar-refractivity contribution in [3.05, 3.63) is 60.7 Å². The van der Waals surface area contributed by atoms with Gasteiger partial charge in [0.05, 0.1) is 37.6 Å². The second-order valence-electron chi connectivity index (χ2n) is 14.2. The lowest BCUT2D eigenvalue weighted by Crippen LogP contribution is -2.69. The average Bonchev–Trinajstić information content (AvgIpc) is 2.90. The molecule has 2 aromatic rings. The Morgan fingerprint density at radius 3 is 1.20 bits per heavy atom. The maximum atomic E-state index is 6.71. The van der Waals surface area contributed by atoms with E-state index in [1.54, 1.807) is 0 Å². The van der Waals surface area contributed by atoms with Crippen molar-refractivity contribution in [1.29, 1.82) is 0 Å². The Hall–Kier alpha value is -1.24. The molecule has 218 valence electrons. The molecule has 0 bridgehead atoms. The maximum Gasteiger partial charge on any atom is 0.494 e. The normalized spacial score (nSPS) is 24.6. The van der Waals surface area contributed by atoms with E-state index in [9.17, 15) is 0 Å². The van der Waals surface area contributed by atoms with Crippen molar-refractivity contribution in [2.24, 2.45) is 0 Å². The second-order valence-corrected chi connectivity index (χ2v) is 23.8. The summed E-state index contributed by atoms with van der Waals surface area (Å²) in [7, 11) is -5.16. The molecule has 0 N–H and O–H groups in total. The van der Waals surface area contributed by atoms with Crippen LogP contribution >= 0.6 is 0 Å². The number of hydrogen-bond acceptors (Lipinski definition) is 6. The minimum atomic E-state index is -2.03. The molecule has 0 radical (unpaired) electrons. The predicted molar refractivity (Wildman–Crippen MR) is 169 cm³/mol. The third-order valence-electron chi connectivity index (χ3n) is 9.19. The molecule has 2 fully saturated rings. The second kappa shape index (κ2) is 12.2. The molecule has 4 atom stereocenters. The van der Waals surface area contributed by atoms with Crippen molar-refractivity contribution < 1.29 is 27.5 Å². The molecule has 2 heterocycles. The zero-order chi connectivity index (χ0) is 29.3. The first kappa shape index (κ1) is 31.7. The summed E-state index contributed by atoms with van der Waals surface area (Å²) in [6, 6.07) is 20.2. The SMILES string of the molecule is CC(C)(C)[Si](C)(C)OCC1OB(c2ccccc2)OC2C(CO[Si](C)(C)C(C)(C)C)OB(c3ccccc3)OC12. The van der Waals surface area contributed by atoms with E-state index in [1.165, 1.54) is 0 Å². The lowest BCUT2D eigenvalue weighted by molar-refractivity contribution is -0.164. The quantitative estimate of drug-likeness (QED) is 0.390. The Morgan fingerprint density at radius 2 is 0.900 bits per heavy atom. The van der Waals surface area contributed by atoms with E-state index < -0.39 is 30.9 Å². The highest BCUT2D eigenvalue weighted by molar-refractivity contribution is 6.74. The zero-order valence-corrected chi connectivity index (χ0v) is 28.1. The Labute approximate surface area is 245 Å². The van der Waals surface area contributed by atoms with E-state index in [0.717, 1.165) is 10.9 Å². The molecule has 0 aliphatic carbocycles. The fourth-order valence-electron chi connectivity index (χ4n) is 4.39. The smallest absolute Gasteiger partial charge is 0.414 e. The van der Waals surface area contributed by atoms with Crippen molar-refractivity contribution >= 4 is 41.8 Å². The van der Waals surface area contributed by atoms with E-state index in [0.29, 0.717) is 13.2 Å². The lowest BCUT2D eigenvalue weighted by atomic mass is 9.72. The minimum Gasteiger partial charge on any atom is -0.414 e. The Balaban J connectivity index is 1.67. The van der Waals surface area contributed by atoms with Crippen LogP contribution in [0.5, 0.6) is 0 Å². The van der Waals surface area contributed by atoms with Gasteiger partial charge in [0.15, 0.2) is 16.6 Å². The van der Waals surface area contributed by atoms with Gasteiger partial charge < -0.3 is 27.5 Å². The van der Waals surface area contributed by atoms with Gasteiger partial charge in [-0.2, -0.15) is 0 Å². The molecule has 2 aromatic carbocycles. The van der Waals surface area contributed by atoms with E-state index in [4.69, 9.17) is 27.5 Å². The van der Waals surface area contributed by atoms with Crippen molar-refractivity contribution in [2.45, 2.75) is 102 Å². The van der Waals surface area contributed by atoms with E-state index >= 15 is 0 Å². The molecule has 4 unspecified atom stereocenters. The van der Waals surface area contributed by atoms with Crippen LogP contribution in [0.25, 0.3) is 0 Å². The van der Waals surface area contributed by atoms with Gasteiger partial charge in [-0.3, -0.25) is 0 Å². The molecule has 40 heavy (non-hydrogen) atoms. The highest BCUT2D eigenvalue weighted by atomic mass is 28.4. The van der Waals surface area contributed by atoms with Gasteiger partial charge >= 0.3 is 14.2 Å². The first-order valence-corrected chi connectivity index (χ1v) is 20.4. The van der Waals surface area contributed by atoms with Crippen LogP contribution in [-0.2, 0) is 27.5 Å². The molecular formula is C30H48B2O6Si2. The third-order valence-corrected chi connectivity index (χ3v) is 18.2. The van der Waals surface area contributed by atoms with Crippen LogP contribution in [0.15, 0.2) is 60.7 Å².